The first-order valence-electron chi connectivity index (χ1n) is 8.91. The van der Waals surface area contributed by atoms with Crippen molar-refractivity contribution >= 4 is 55.2 Å². The smallest absolute Gasteiger partial charge is 0.287 e. The molecule has 2 aromatic carbocycles. The predicted molar refractivity (Wildman–Crippen MR) is 112 cm³/mol. The number of carbonyl (C=O) groups is 2. The zero-order chi connectivity index (χ0) is 19.7. The van der Waals surface area contributed by atoms with Gasteiger partial charge in [0.15, 0.2) is 10.4 Å². The maximum absolute atomic E-state index is 12.2. The summed E-state index contributed by atoms with van der Waals surface area (Å²) in [5.74, 6) is -0.603. The van der Waals surface area contributed by atoms with Crippen molar-refractivity contribution in [2.24, 2.45) is 0 Å². The second-order valence-electron chi connectivity index (χ2n) is 6.33. The summed E-state index contributed by atoms with van der Waals surface area (Å²) in [6.45, 7) is 2.83. The van der Waals surface area contributed by atoms with E-state index in [1.807, 2.05) is 30.3 Å². The van der Waals surface area contributed by atoms with Crippen molar-refractivity contribution in [2.75, 3.05) is 11.9 Å². The third-order valence-corrected chi connectivity index (χ3v) is 5.01. The number of anilines is 1. The van der Waals surface area contributed by atoms with Crippen LogP contribution in [0.1, 0.15) is 17.5 Å². The Balaban J connectivity index is 1.51. The summed E-state index contributed by atoms with van der Waals surface area (Å²) >= 11 is 3.14. The number of aromatic nitrogens is 1. The van der Waals surface area contributed by atoms with Gasteiger partial charge in [-0.1, -0.05) is 18.2 Å². The molecule has 2 N–H and O–H groups in total. The third kappa shape index (κ3) is 3.41. The zero-order valence-electron chi connectivity index (χ0n) is 15.2. The largest absolute Gasteiger partial charge is 0.444 e. The Kier molecular flexibility index (Phi) is 4.92. The summed E-state index contributed by atoms with van der Waals surface area (Å²) in [6.07, 6.45) is 0. The Morgan fingerprint density at radius 3 is 2.57 bits per heavy atom. The second kappa shape index (κ2) is 7.52. The van der Waals surface area contributed by atoms with Gasteiger partial charge in [-0.05, 0) is 59.3 Å². The van der Waals surface area contributed by atoms with Crippen LogP contribution in [0.3, 0.4) is 0 Å². The molecular formula is C21H18BrN3O3. The predicted octanol–water partition coefficient (Wildman–Crippen LogP) is 4.54. The van der Waals surface area contributed by atoms with E-state index < -0.39 is 5.91 Å². The highest BCUT2D eigenvalue weighted by molar-refractivity contribution is 9.10. The average molecular weight is 440 g/mol. The summed E-state index contributed by atoms with van der Waals surface area (Å²) in [7, 11) is 0. The Bertz CT molecular complexity index is 1190. The summed E-state index contributed by atoms with van der Waals surface area (Å²) < 4.78 is 7.88. The highest BCUT2D eigenvalue weighted by Gasteiger charge is 2.13. The minimum absolute atomic E-state index is 0.147. The van der Waals surface area contributed by atoms with Crippen molar-refractivity contribution < 1.29 is 14.0 Å². The molecule has 2 amide bonds. The van der Waals surface area contributed by atoms with Gasteiger partial charge in [-0.15, -0.1) is 0 Å². The molecule has 4 rings (SSSR count). The van der Waals surface area contributed by atoms with Crippen LogP contribution in [0, 0.1) is 0 Å². The molecule has 2 aromatic heterocycles. The minimum atomic E-state index is -0.442. The lowest BCUT2D eigenvalue weighted by Crippen LogP contribution is -2.32. The van der Waals surface area contributed by atoms with E-state index in [1.54, 1.807) is 6.07 Å². The van der Waals surface area contributed by atoms with Crippen LogP contribution in [0.4, 0.5) is 5.69 Å². The molecule has 0 bridgehead atoms. The number of benzene rings is 2. The average Bonchev–Trinajstić information content (AvgIpc) is 3.27. The number of furan rings is 1. The van der Waals surface area contributed by atoms with Gasteiger partial charge >= 0.3 is 0 Å². The molecule has 0 saturated heterocycles. The summed E-state index contributed by atoms with van der Waals surface area (Å²) in [6, 6.07) is 17.2. The van der Waals surface area contributed by atoms with E-state index in [1.165, 1.54) is 11.6 Å². The van der Waals surface area contributed by atoms with Gasteiger partial charge in [0.05, 0.1) is 6.54 Å². The van der Waals surface area contributed by atoms with Crippen LogP contribution in [0.5, 0.6) is 0 Å². The maximum atomic E-state index is 12.2. The fourth-order valence-corrected chi connectivity index (χ4v) is 3.67. The van der Waals surface area contributed by atoms with Crippen molar-refractivity contribution in [1.29, 1.82) is 0 Å². The minimum Gasteiger partial charge on any atom is -0.444 e. The topological polar surface area (TPSA) is 76.3 Å². The van der Waals surface area contributed by atoms with Crippen LogP contribution in [0.2, 0.25) is 0 Å². The molecule has 7 heteroatoms. The number of nitrogens with zero attached hydrogens (tertiary/aromatic N) is 1. The Morgan fingerprint density at radius 1 is 1.04 bits per heavy atom. The lowest BCUT2D eigenvalue weighted by molar-refractivity contribution is -0.115. The molecule has 0 radical (unpaired) electrons. The van der Waals surface area contributed by atoms with E-state index in [9.17, 15) is 9.59 Å². The molecule has 0 aliphatic heterocycles. The fourth-order valence-electron chi connectivity index (χ4n) is 3.36. The van der Waals surface area contributed by atoms with Crippen LogP contribution in [0.15, 0.2) is 63.7 Å². The third-order valence-electron chi connectivity index (χ3n) is 4.58. The fraction of sp³-hybridized carbons (Fsp3) is 0.143. The van der Waals surface area contributed by atoms with E-state index in [2.05, 4.69) is 50.2 Å². The number of amides is 2. The Morgan fingerprint density at radius 2 is 1.82 bits per heavy atom. The molecule has 0 fully saturated rings. The molecule has 0 aliphatic rings. The standard InChI is InChI=1S/C21H18BrN3O3/c1-2-25-16-6-4-3-5-14(16)15-11-13(7-8-17(15)25)24-20(26)12-23-21(27)18-9-10-19(22)28-18/h3-11H,2,12H2,1H3,(H,23,27)(H,24,26). The van der Waals surface area contributed by atoms with E-state index in [0.29, 0.717) is 10.4 Å². The summed E-state index contributed by atoms with van der Waals surface area (Å²) in [4.78, 5) is 24.2. The van der Waals surface area contributed by atoms with Gasteiger partial charge in [-0.2, -0.15) is 0 Å². The number of nitrogens with one attached hydrogen (secondary N) is 2. The molecule has 0 saturated carbocycles. The van der Waals surface area contributed by atoms with Crippen LogP contribution < -0.4 is 10.6 Å². The van der Waals surface area contributed by atoms with Crippen molar-refractivity contribution in [3.63, 3.8) is 0 Å². The molecule has 28 heavy (non-hydrogen) atoms. The van der Waals surface area contributed by atoms with Crippen LogP contribution in [-0.2, 0) is 11.3 Å². The van der Waals surface area contributed by atoms with Gasteiger partial charge < -0.3 is 19.6 Å². The molecule has 6 nitrogen and oxygen atoms in total. The molecule has 2 heterocycles. The Labute approximate surface area is 169 Å². The van der Waals surface area contributed by atoms with Crippen molar-refractivity contribution in [2.45, 2.75) is 13.5 Å². The Hall–Kier alpha value is -3.06. The number of halogens is 1. The highest BCUT2D eigenvalue weighted by Crippen LogP contribution is 2.30. The molecule has 142 valence electrons. The first-order valence-corrected chi connectivity index (χ1v) is 9.70. The van der Waals surface area contributed by atoms with Gasteiger partial charge in [0.25, 0.3) is 5.91 Å². The normalized spacial score (nSPS) is 11.1. The second-order valence-corrected chi connectivity index (χ2v) is 7.11. The quantitative estimate of drug-likeness (QED) is 0.479. The lowest BCUT2D eigenvalue weighted by Gasteiger charge is -2.07. The number of aryl methyl sites for hydroxylation is 1. The number of para-hydroxylation sites is 1. The van der Waals surface area contributed by atoms with Gasteiger partial charge in [0.1, 0.15) is 0 Å². The monoisotopic (exact) mass is 439 g/mol. The van der Waals surface area contributed by atoms with Gasteiger partial charge in [0, 0.05) is 34.0 Å². The molecule has 0 spiro atoms. The van der Waals surface area contributed by atoms with Crippen LogP contribution >= 0.6 is 15.9 Å². The van der Waals surface area contributed by atoms with E-state index in [0.717, 1.165) is 22.8 Å². The maximum Gasteiger partial charge on any atom is 0.287 e. The SMILES string of the molecule is CCn1c2ccccc2c2cc(NC(=O)CNC(=O)c3ccc(Br)o3)ccc21. The van der Waals surface area contributed by atoms with Gasteiger partial charge in [-0.3, -0.25) is 9.59 Å². The van der Waals surface area contributed by atoms with Crippen molar-refractivity contribution in [1.82, 2.24) is 9.88 Å². The first kappa shape index (κ1) is 18.3. The van der Waals surface area contributed by atoms with Gasteiger partial charge in [0.2, 0.25) is 5.91 Å². The molecule has 0 unspecified atom stereocenters. The first-order chi connectivity index (χ1) is 13.6. The molecule has 0 atom stereocenters. The van der Waals surface area contributed by atoms with Gasteiger partial charge in [-0.25, -0.2) is 0 Å². The highest BCUT2D eigenvalue weighted by atomic mass is 79.9. The molecule has 0 aliphatic carbocycles. The van der Waals surface area contributed by atoms with Crippen molar-refractivity contribution in [3.8, 4) is 0 Å². The van der Waals surface area contributed by atoms with Crippen LogP contribution in [-0.4, -0.2) is 22.9 Å². The zero-order valence-corrected chi connectivity index (χ0v) is 16.7. The number of rotatable bonds is 5. The van der Waals surface area contributed by atoms with E-state index in [-0.39, 0.29) is 18.2 Å². The van der Waals surface area contributed by atoms with Crippen molar-refractivity contribution in [3.05, 3.63) is 65.0 Å². The van der Waals surface area contributed by atoms with E-state index >= 15 is 0 Å². The number of carbonyl (C=O) groups excluding carboxylic acids is 2. The number of hydrogen-bond donors (Lipinski definition) is 2. The summed E-state index contributed by atoms with van der Waals surface area (Å²) in [5, 5.41) is 7.61. The lowest BCUT2D eigenvalue weighted by atomic mass is 10.1. The molecular weight excluding hydrogens is 422 g/mol. The van der Waals surface area contributed by atoms with E-state index in [4.69, 9.17) is 4.42 Å². The summed E-state index contributed by atoms with van der Waals surface area (Å²) in [5.41, 5.74) is 2.98. The van der Waals surface area contributed by atoms with Crippen LogP contribution in [0.25, 0.3) is 21.8 Å². The molecule has 4 aromatic rings. The number of fused-ring (bicyclic) bond motifs is 3. The number of hydrogen-bond acceptors (Lipinski definition) is 3.